The first-order valence-electron chi connectivity index (χ1n) is 5.41. The third-order valence-corrected chi connectivity index (χ3v) is 2.84. The van der Waals surface area contributed by atoms with Gasteiger partial charge in [-0.1, -0.05) is 0 Å². The molecule has 1 heterocycles. The number of rotatable bonds is 5. The van der Waals surface area contributed by atoms with Gasteiger partial charge < -0.3 is 5.73 Å². The van der Waals surface area contributed by atoms with Gasteiger partial charge in [-0.15, -0.1) is 0 Å². The lowest BCUT2D eigenvalue weighted by Gasteiger charge is -2.07. The Morgan fingerprint density at radius 2 is 2.47 bits per heavy atom. The molecule has 4 heteroatoms. The summed E-state index contributed by atoms with van der Waals surface area (Å²) in [4.78, 5) is 11.6. The molecule has 1 aliphatic carbocycles. The maximum Gasteiger partial charge on any atom is 0.140 e. The summed E-state index contributed by atoms with van der Waals surface area (Å²) in [6.45, 7) is 0. The van der Waals surface area contributed by atoms with Crippen LogP contribution in [0.3, 0.4) is 0 Å². The van der Waals surface area contributed by atoms with Crippen LogP contribution in [0.1, 0.15) is 25.0 Å². The standard InChI is InChI=1S/C11H17N3O/c1-14-5-4-9(13-14)6-10(15)7-11(12)8-2-3-8/h4-5,8,11H,2-3,6-7,12H2,1H3. The number of carbonyl (C=O) groups excluding carboxylic acids is 1. The van der Waals surface area contributed by atoms with E-state index in [9.17, 15) is 4.79 Å². The molecule has 0 spiro atoms. The summed E-state index contributed by atoms with van der Waals surface area (Å²) >= 11 is 0. The fourth-order valence-corrected chi connectivity index (χ4v) is 1.79. The summed E-state index contributed by atoms with van der Waals surface area (Å²) < 4.78 is 1.71. The molecule has 1 aromatic rings. The van der Waals surface area contributed by atoms with E-state index in [-0.39, 0.29) is 11.8 Å². The minimum Gasteiger partial charge on any atom is -0.327 e. The molecule has 1 aliphatic rings. The van der Waals surface area contributed by atoms with Gasteiger partial charge in [0.2, 0.25) is 0 Å². The van der Waals surface area contributed by atoms with Gasteiger partial charge in [0.15, 0.2) is 0 Å². The zero-order chi connectivity index (χ0) is 10.8. The predicted molar refractivity (Wildman–Crippen MR) is 57.2 cm³/mol. The minimum absolute atomic E-state index is 0.0706. The first kappa shape index (κ1) is 10.4. The lowest BCUT2D eigenvalue weighted by atomic mass is 10.0. The zero-order valence-electron chi connectivity index (χ0n) is 9.02. The molecule has 0 aliphatic heterocycles. The van der Waals surface area contributed by atoms with Crippen LogP contribution >= 0.6 is 0 Å². The molecule has 1 unspecified atom stereocenters. The number of aryl methyl sites for hydroxylation is 1. The Labute approximate surface area is 89.5 Å². The largest absolute Gasteiger partial charge is 0.327 e. The number of ketones is 1. The molecule has 0 amide bonds. The summed E-state index contributed by atoms with van der Waals surface area (Å²) in [7, 11) is 1.85. The SMILES string of the molecule is Cn1ccc(CC(=O)CC(N)C2CC2)n1. The van der Waals surface area contributed by atoms with Crippen molar-refractivity contribution in [3.05, 3.63) is 18.0 Å². The quantitative estimate of drug-likeness (QED) is 0.771. The molecule has 1 saturated carbocycles. The average Bonchev–Trinajstić information content (AvgIpc) is 2.92. The fourth-order valence-electron chi connectivity index (χ4n) is 1.79. The second-order valence-electron chi connectivity index (χ2n) is 4.40. The van der Waals surface area contributed by atoms with Crippen LogP contribution in [-0.4, -0.2) is 21.6 Å². The van der Waals surface area contributed by atoms with Crippen molar-refractivity contribution in [1.82, 2.24) is 9.78 Å². The maximum absolute atomic E-state index is 11.6. The third-order valence-electron chi connectivity index (χ3n) is 2.84. The van der Waals surface area contributed by atoms with Crippen molar-refractivity contribution in [2.24, 2.45) is 18.7 Å². The van der Waals surface area contributed by atoms with E-state index in [1.807, 2.05) is 19.3 Å². The number of aromatic nitrogens is 2. The first-order chi connectivity index (χ1) is 7.15. The van der Waals surface area contributed by atoms with Crippen LogP contribution in [0.25, 0.3) is 0 Å². The van der Waals surface area contributed by atoms with Crippen LogP contribution in [-0.2, 0) is 18.3 Å². The number of hydrogen-bond donors (Lipinski definition) is 1. The van der Waals surface area contributed by atoms with E-state index in [2.05, 4.69) is 5.10 Å². The Morgan fingerprint density at radius 3 is 3.00 bits per heavy atom. The first-order valence-corrected chi connectivity index (χ1v) is 5.41. The Morgan fingerprint density at radius 1 is 1.73 bits per heavy atom. The Bertz CT molecular complexity index is 354. The van der Waals surface area contributed by atoms with E-state index in [0.717, 1.165) is 5.69 Å². The average molecular weight is 207 g/mol. The summed E-state index contributed by atoms with van der Waals surface area (Å²) in [5.74, 6) is 0.797. The van der Waals surface area contributed by atoms with Gasteiger partial charge in [-0.3, -0.25) is 9.48 Å². The second kappa shape index (κ2) is 4.14. The molecule has 0 aromatic carbocycles. The van der Waals surface area contributed by atoms with Crippen molar-refractivity contribution in [3.8, 4) is 0 Å². The second-order valence-corrected chi connectivity index (χ2v) is 4.40. The summed E-state index contributed by atoms with van der Waals surface area (Å²) in [5.41, 5.74) is 6.73. The van der Waals surface area contributed by atoms with Gasteiger partial charge in [0.25, 0.3) is 0 Å². The highest BCUT2D eigenvalue weighted by molar-refractivity contribution is 5.81. The monoisotopic (exact) mass is 207 g/mol. The van der Waals surface area contributed by atoms with Crippen LogP contribution in [0.4, 0.5) is 0 Å². The molecule has 4 nitrogen and oxygen atoms in total. The molecule has 2 rings (SSSR count). The van der Waals surface area contributed by atoms with Crippen LogP contribution < -0.4 is 5.73 Å². The number of nitrogens with two attached hydrogens (primary N) is 1. The van der Waals surface area contributed by atoms with E-state index in [1.54, 1.807) is 4.68 Å². The van der Waals surface area contributed by atoms with Gasteiger partial charge in [0.1, 0.15) is 5.78 Å². The van der Waals surface area contributed by atoms with E-state index in [1.165, 1.54) is 12.8 Å². The van der Waals surface area contributed by atoms with Crippen LogP contribution in [0.2, 0.25) is 0 Å². The Balaban J connectivity index is 1.81. The Kier molecular flexibility index (Phi) is 2.86. The number of Topliss-reactive ketones (excluding diaryl/α,β-unsaturated/α-hetero) is 1. The minimum atomic E-state index is 0.0706. The van der Waals surface area contributed by atoms with Gasteiger partial charge in [-0.2, -0.15) is 5.10 Å². The number of hydrogen-bond acceptors (Lipinski definition) is 3. The van der Waals surface area contributed by atoms with Crippen LogP contribution in [0.15, 0.2) is 12.3 Å². The smallest absolute Gasteiger partial charge is 0.140 e. The van der Waals surface area contributed by atoms with E-state index >= 15 is 0 Å². The highest BCUT2D eigenvalue weighted by Crippen LogP contribution is 2.32. The van der Waals surface area contributed by atoms with Gasteiger partial charge in [-0.05, 0) is 24.8 Å². The lowest BCUT2D eigenvalue weighted by Crippen LogP contribution is -2.26. The highest BCUT2D eigenvalue weighted by atomic mass is 16.1. The van der Waals surface area contributed by atoms with Gasteiger partial charge in [-0.25, -0.2) is 0 Å². The van der Waals surface area contributed by atoms with E-state index < -0.39 is 0 Å². The van der Waals surface area contributed by atoms with Crippen molar-refractivity contribution in [3.63, 3.8) is 0 Å². The summed E-state index contributed by atoms with van der Waals surface area (Å²) in [5, 5.41) is 4.17. The third kappa shape index (κ3) is 2.89. The van der Waals surface area contributed by atoms with Gasteiger partial charge >= 0.3 is 0 Å². The summed E-state index contributed by atoms with van der Waals surface area (Å²) in [6.07, 6.45) is 5.15. The topological polar surface area (TPSA) is 60.9 Å². The van der Waals surface area contributed by atoms with E-state index in [0.29, 0.717) is 18.8 Å². The molecule has 2 N–H and O–H groups in total. The van der Waals surface area contributed by atoms with Crippen molar-refractivity contribution in [1.29, 1.82) is 0 Å². The van der Waals surface area contributed by atoms with Crippen molar-refractivity contribution < 1.29 is 4.79 Å². The molecule has 0 saturated heterocycles. The number of carbonyl (C=O) groups is 1. The molecule has 0 bridgehead atoms. The molecular formula is C11H17N3O. The number of nitrogens with zero attached hydrogens (tertiary/aromatic N) is 2. The van der Waals surface area contributed by atoms with Gasteiger partial charge in [0, 0.05) is 25.7 Å². The zero-order valence-corrected chi connectivity index (χ0v) is 9.02. The van der Waals surface area contributed by atoms with Crippen molar-refractivity contribution in [2.75, 3.05) is 0 Å². The van der Waals surface area contributed by atoms with Crippen LogP contribution in [0, 0.1) is 5.92 Å². The highest BCUT2D eigenvalue weighted by Gasteiger charge is 2.29. The molecule has 1 atom stereocenters. The fraction of sp³-hybridized carbons (Fsp3) is 0.636. The van der Waals surface area contributed by atoms with Crippen molar-refractivity contribution in [2.45, 2.75) is 31.7 Å². The van der Waals surface area contributed by atoms with Crippen LogP contribution in [0.5, 0.6) is 0 Å². The predicted octanol–water partition coefficient (Wildman–Crippen LogP) is 0.659. The normalized spacial score (nSPS) is 17.7. The molecule has 0 radical (unpaired) electrons. The van der Waals surface area contributed by atoms with Crippen molar-refractivity contribution >= 4 is 5.78 Å². The molecule has 15 heavy (non-hydrogen) atoms. The maximum atomic E-state index is 11.6. The molecule has 1 fully saturated rings. The lowest BCUT2D eigenvalue weighted by molar-refractivity contribution is -0.118. The van der Waals surface area contributed by atoms with E-state index in [4.69, 9.17) is 5.73 Å². The molecule has 82 valence electrons. The summed E-state index contributed by atoms with van der Waals surface area (Å²) in [6, 6.07) is 1.95. The molecular weight excluding hydrogens is 190 g/mol. The Hall–Kier alpha value is -1.16. The molecule has 1 aromatic heterocycles. The van der Waals surface area contributed by atoms with Gasteiger partial charge in [0.05, 0.1) is 12.1 Å².